The molecule has 3 nitrogen and oxygen atoms in total. The molecule has 0 saturated carbocycles. The number of hydrogen-bond donors (Lipinski definition) is 1. The minimum absolute atomic E-state index is 0.423. The molecule has 0 radical (unpaired) electrons. The van der Waals surface area contributed by atoms with Gasteiger partial charge in [-0.3, -0.25) is 0 Å². The van der Waals surface area contributed by atoms with E-state index in [2.05, 4.69) is 17.4 Å². The number of nitrogens with zero attached hydrogens (tertiary/aromatic N) is 1. The molecule has 106 valence electrons. The lowest BCUT2D eigenvalue weighted by atomic mass is 9.98. The fraction of sp³-hybridized carbons (Fsp3) is 0.438. The van der Waals surface area contributed by atoms with Gasteiger partial charge in [0, 0.05) is 10.4 Å². The van der Waals surface area contributed by atoms with E-state index in [-0.39, 0.29) is 0 Å². The highest BCUT2D eigenvalue weighted by Gasteiger charge is 2.23. The van der Waals surface area contributed by atoms with E-state index in [9.17, 15) is 0 Å². The van der Waals surface area contributed by atoms with Crippen LogP contribution in [0.2, 0.25) is 0 Å². The molecule has 1 heterocycles. The van der Waals surface area contributed by atoms with E-state index < -0.39 is 0 Å². The van der Waals surface area contributed by atoms with Crippen LogP contribution in [0, 0.1) is 0 Å². The molecule has 0 aliphatic heterocycles. The minimum Gasteiger partial charge on any atom is -0.494 e. The number of ether oxygens (including phenoxy) is 1. The Morgan fingerprint density at radius 3 is 2.85 bits per heavy atom. The van der Waals surface area contributed by atoms with Crippen molar-refractivity contribution < 1.29 is 4.74 Å². The molecule has 20 heavy (non-hydrogen) atoms. The third kappa shape index (κ3) is 2.58. The van der Waals surface area contributed by atoms with Gasteiger partial charge in [0.1, 0.15) is 10.8 Å². The molecule has 0 bridgehead atoms. The van der Waals surface area contributed by atoms with Crippen LogP contribution in [0.5, 0.6) is 5.75 Å². The second-order valence-electron chi connectivity index (χ2n) is 5.02. The first-order valence-electron chi connectivity index (χ1n) is 7.22. The predicted molar refractivity (Wildman–Crippen MR) is 83.5 cm³/mol. The molecule has 3 rings (SSSR count). The molecule has 1 aromatic carbocycles. The van der Waals surface area contributed by atoms with Crippen molar-refractivity contribution in [3.05, 3.63) is 34.8 Å². The first kappa shape index (κ1) is 13.6. The van der Waals surface area contributed by atoms with Gasteiger partial charge in [-0.05, 0) is 57.5 Å². The lowest BCUT2D eigenvalue weighted by molar-refractivity contribution is 0.340. The van der Waals surface area contributed by atoms with E-state index in [1.165, 1.54) is 35.4 Å². The molecule has 4 heteroatoms. The molecule has 1 aromatic heterocycles. The van der Waals surface area contributed by atoms with Crippen LogP contribution in [0.15, 0.2) is 24.3 Å². The van der Waals surface area contributed by atoms with Crippen molar-refractivity contribution in [1.29, 1.82) is 0 Å². The van der Waals surface area contributed by atoms with Crippen LogP contribution in [-0.4, -0.2) is 18.6 Å². The summed E-state index contributed by atoms with van der Waals surface area (Å²) in [7, 11) is 2.02. The van der Waals surface area contributed by atoms with Gasteiger partial charge < -0.3 is 10.1 Å². The largest absolute Gasteiger partial charge is 0.494 e. The van der Waals surface area contributed by atoms with Crippen molar-refractivity contribution in [2.75, 3.05) is 13.7 Å². The third-order valence-electron chi connectivity index (χ3n) is 3.71. The molecule has 0 spiro atoms. The van der Waals surface area contributed by atoms with Gasteiger partial charge in [-0.2, -0.15) is 0 Å². The zero-order valence-corrected chi connectivity index (χ0v) is 12.8. The van der Waals surface area contributed by atoms with E-state index in [1.54, 1.807) is 0 Å². The van der Waals surface area contributed by atoms with Crippen molar-refractivity contribution in [2.24, 2.45) is 0 Å². The maximum Gasteiger partial charge on any atom is 0.123 e. The fourth-order valence-electron chi connectivity index (χ4n) is 2.68. The summed E-state index contributed by atoms with van der Waals surface area (Å²) in [6.45, 7) is 2.70. The zero-order chi connectivity index (χ0) is 13.9. The van der Waals surface area contributed by atoms with Crippen molar-refractivity contribution in [3.8, 4) is 16.3 Å². The summed E-state index contributed by atoms with van der Waals surface area (Å²) < 4.78 is 5.49. The van der Waals surface area contributed by atoms with Gasteiger partial charge in [-0.25, -0.2) is 4.98 Å². The normalized spacial score (nSPS) is 17.8. The summed E-state index contributed by atoms with van der Waals surface area (Å²) in [5.41, 5.74) is 2.44. The Morgan fingerprint density at radius 2 is 2.15 bits per heavy atom. The second-order valence-corrected chi connectivity index (χ2v) is 6.10. The van der Waals surface area contributed by atoms with Crippen LogP contribution in [0.4, 0.5) is 0 Å². The Balaban J connectivity index is 1.89. The lowest BCUT2D eigenvalue weighted by Gasteiger charge is -2.19. The SMILES string of the molecule is CCOc1ccc(-c2nc3c(s2)CCCC3NC)cc1. The van der Waals surface area contributed by atoms with Gasteiger partial charge >= 0.3 is 0 Å². The predicted octanol–water partition coefficient (Wildman–Crippen LogP) is 3.81. The van der Waals surface area contributed by atoms with Crippen molar-refractivity contribution in [2.45, 2.75) is 32.2 Å². The number of thiazole rings is 1. The number of benzene rings is 1. The first-order valence-corrected chi connectivity index (χ1v) is 8.03. The molecule has 0 saturated heterocycles. The summed E-state index contributed by atoms with van der Waals surface area (Å²) in [4.78, 5) is 6.31. The quantitative estimate of drug-likeness (QED) is 0.929. The molecule has 0 fully saturated rings. The second kappa shape index (κ2) is 5.94. The molecule has 0 amide bonds. The van der Waals surface area contributed by atoms with Crippen LogP contribution in [0.3, 0.4) is 0 Å². The molecule has 1 N–H and O–H groups in total. The molecule has 1 aliphatic rings. The number of hydrogen-bond acceptors (Lipinski definition) is 4. The highest BCUT2D eigenvalue weighted by Crippen LogP contribution is 2.37. The van der Waals surface area contributed by atoms with Gasteiger partial charge in [0.25, 0.3) is 0 Å². The van der Waals surface area contributed by atoms with E-state index in [4.69, 9.17) is 9.72 Å². The Bertz CT molecular complexity index is 577. The zero-order valence-electron chi connectivity index (χ0n) is 12.0. The number of aromatic nitrogens is 1. The smallest absolute Gasteiger partial charge is 0.123 e. The van der Waals surface area contributed by atoms with Crippen molar-refractivity contribution in [3.63, 3.8) is 0 Å². The Kier molecular flexibility index (Phi) is 4.03. The fourth-order valence-corrected chi connectivity index (χ4v) is 3.85. The maximum absolute atomic E-state index is 5.49. The van der Waals surface area contributed by atoms with Crippen LogP contribution in [-0.2, 0) is 6.42 Å². The van der Waals surface area contributed by atoms with Crippen LogP contribution in [0.1, 0.15) is 36.4 Å². The summed E-state index contributed by atoms with van der Waals surface area (Å²) >= 11 is 1.83. The van der Waals surface area contributed by atoms with Crippen LogP contribution >= 0.6 is 11.3 Å². The third-order valence-corrected chi connectivity index (χ3v) is 4.89. The highest BCUT2D eigenvalue weighted by molar-refractivity contribution is 7.15. The van der Waals surface area contributed by atoms with Gasteiger partial charge in [0.05, 0.1) is 18.3 Å². The van der Waals surface area contributed by atoms with Crippen LogP contribution < -0.4 is 10.1 Å². The number of aryl methyl sites for hydroxylation is 1. The number of fused-ring (bicyclic) bond motifs is 1. The Morgan fingerprint density at radius 1 is 1.35 bits per heavy atom. The van der Waals surface area contributed by atoms with Crippen molar-refractivity contribution in [1.82, 2.24) is 10.3 Å². The summed E-state index contributed by atoms with van der Waals surface area (Å²) in [6.07, 6.45) is 3.61. The summed E-state index contributed by atoms with van der Waals surface area (Å²) in [6, 6.07) is 8.67. The van der Waals surface area contributed by atoms with E-state index in [0.717, 1.165) is 10.8 Å². The maximum atomic E-state index is 5.49. The standard InChI is InChI=1S/C16H20N2OS/c1-3-19-12-9-7-11(8-10-12)16-18-15-13(17-2)5-4-6-14(15)20-16/h7-10,13,17H,3-6H2,1-2H3. The topological polar surface area (TPSA) is 34.1 Å². The minimum atomic E-state index is 0.423. The average molecular weight is 288 g/mol. The van der Waals surface area contributed by atoms with Gasteiger partial charge in [0.2, 0.25) is 0 Å². The molecular formula is C16H20N2OS. The monoisotopic (exact) mass is 288 g/mol. The highest BCUT2D eigenvalue weighted by atomic mass is 32.1. The molecule has 1 aliphatic carbocycles. The molecular weight excluding hydrogens is 268 g/mol. The summed E-state index contributed by atoms with van der Waals surface area (Å²) in [5, 5.41) is 4.50. The van der Waals surface area contributed by atoms with Crippen molar-refractivity contribution >= 4 is 11.3 Å². The van der Waals surface area contributed by atoms with Gasteiger partial charge in [0.15, 0.2) is 0 Å². The Labute approximate surface area is 124 Å². The number of rotatable bonds is 4. The van der Waals surface area contributed by atoms with E-state index in [1.807, 2.05) is 37.4 Å². The molecule has 1 unspecified atom stereocenters. The average Bonchev–Trinajstić information content (AvgIpc) is 2.92. The van der Waals surface area contributed by atoms with E-state index in [0.29, 0.717) is 12.6 Å². The number of nitrogens with one attached hydrogen (secondary N) is 1. The van der Waals surface area contributed by atoms with Gasteiger partial charge in [-0.15, -0.1) is 11.3 Å². The van der Waals surface area contributed by atoms with Gasteiger partial charge in [-0.1, -0.05) is 0 Å². The summed E-state index contributed by atoms with van der Waals surface area (Å²) in [5.74, 6) is 0.922. The van der Waals surface area contributed by atoms with E-state index >= 15 is 0 Å². The molecule has 1 atom stereocenters. The lowest BCUT2D eigenvalue weighted by Crippen LogP contribution is -2.21. The first-order chi connectivity index (χ1) is 9.81. The Hall–Kier alpha value is -1.39. The molecule has 2 aromatic rings. The van der Waals surface area contributed by atoms with Crippen LogP contribution in [0.25, 0.3) is 10.6 Å².